The van der Waals surface area contributed by atoms with Crippen molar-refractivity contribution in [3.8, 4) is 0 Å². The standard InChI is InChI=1S/C15H12BrCl2NO/c1-19(9-10-5-7-11(16)8-6-10)15(20)14-12(17)3-2-4-13(14)18/h2-8H,9H2,1H3. The van der Waals surface area contributed by atoms with Gasteiger partial charge >= 0.3 is 0 Å². The van der Waals surface area contributed by atoms with Crippen molar-refractivity contribution < 1.29 is 4.79 Å². The van der Waals surface area contributed by atoms with Crippen LogP contribution in [0.25, 0.3) is 0 Å². The molecule has 0 radical (unpaired) electrons. The highest BCUT2D eigenvalue weighted by molar-refractivity contribution is 9.10. The van der Waals surface area contributed by atoms with E-state index in [0.717, 1.165) is 10.0 Å². The van der Waals surface area contributed by atoms with Crippen LogP contribution in [0.15, 0.2) is 46.9 Å². The summed E-state index contributed by atoms with van der Waals surface area (Å²) in [6, 6.07) is 12.8. The van der Waals surface area contributed by atoms with E-state index < -0.39 is 0 Å². The first-order valence-corrected chi connectivity index (χ1v) is 7.48. The van der Waals surface area contributed by atoms with Gasteiger partial charge in [0.05, 0.1) is 15.6 Å². The minimum absolute atomic E-state index is 0.191. The molecular weight excluding hydrogens is 361 g/mol. The van der Waals surface area contributed by atoms with Gasteiger partial charge in [0.15, 0.2) is 0 Å². The van der Waals surface area contributed by atoms with Crippen molar-refractivity contribution in [3.63, 3.8) is 0 Å². The van der Waals surface area contributed by atoms with E-state index >= 15 is 0 Å². The summed E-state index contributed by atoms with van der Waals surface area (Å²) >= 11 is 15.5. The number of hydrogen-bond acceptors (Lipinski definition) is 1. The zero-order valence-corrected chi connectivity index (χ0v) is 13.8. The van der Waals surface area contributed by atoms with Crippen LogP contribution in [-0.2, 0) is 6.54 Å². The number of rotatable bonds is 3. The summed E-state index contributed by atoms with van der Waals surface area (Å²) in [4.78, 5) is 14.0. The molecule has 0 unspecified atom stereocenters. The Hall–Kier alpha value is -1.03. The summed E-state index contributed by atoms with van der Waals surface area (Å²) in [6.07, 6.45) is 0. The highest BCUT2D eigenvalue weighted by atomic mass is 79.9. The Labute approximate surface area is 136 Å². The predicted molar refractivity (Wildman–Crippen MR) is 86.4 cm³/mol. The van der Waals surface area contributed by atoms with Gasteiger partial charge in [-0.05, 0) is 29.8 Å². The summed E-state index contributed by atoms with van der Waals surface area (Å²) in [7, 11) is 1.73. The first-order chi connectivity index (χ1) is 9.49. The third-order valence-corrected chi connectivity index (χ3v) is 4.01. The van der Waals surface area contributed by atoms with Crippen LogP contribution in [0.4, 0.5) is 0 Å². The second kappa shape index (κ2) is 6.61. The van der Waals surface area contributed by atoms with Gasteiger partial charge in [-0.15, -0.1) is 0 Å². The van der Waals surface area contributed by atoms with E-state index in [2.05, 4.69) is 15.9 Å². The maximum atomic E-state index is 12.4. The van der Waals surface area contributed by atoms with Crippen molar-refractivity contribution in [2.24, 2.45) is 0 Å². The number of benzene rings is 2. The molecule has 20 heavy (non-hydrogen) atoms. The maximum absolute atomic E-state index is 12.4. The van der Waals surface area contributed by atoms with Crippen LogP contribution in [0.1, 0.15) is 15.9 Å². The second-order valence-corrected chi connectivity index (χ2v) is 6.11. The van der Waals surface area contributed by atoms with Crippen LogP contribution in [0.3, 0.4) is 0 Å². The monoisotopic (exact) mass is 371 g/mol. The molecule has 2 aromatic rings. The third-order valence-electron chi connectivity index (χ3n) is 2.86. The Balaban J connectivity index is 2.18. The smallest absolute Gasteiger partial charge is 0.256 e. The van der Waals surface area contributed by atoms with E-state index in [0.29, 0.717) is 22.2 Å². The molecule has 0 saturated carbocycles. The quantitative estimate of drug-likeness (QED) is 0.739. The van der Waals surface area contributed by atoms with Gasteiger partial charge in [0, 0.05) is 18.1 Å². The van der Waals surface area contributed by atoms with Gasteiger partial charge < -0.3 is 4.90 Å². The summed E-state index contributed by atoms with van der Waals surface area (Å²) in [5.74, 6) is -0.191. The lowest BCUT2D eigenvalue weighted by molar-refractivity contribution is 0.0785. The van der Waals surface area contributed by atoms with Crippen LogP contribution in [-0.4, -0.2) is 17.9 Å². The highest BCUT2D eigenvalue weighted by Crippen LogP contribution is 2.26. The molecule has 0 heterocycles. The first-order valence-electron chi connectivity index (χ1n) is 5.93. The summed E-state index contributed by atoms with van der Waals surface area (Å²) in [5.41, 5.74) is 1.38. The molecule has 1 amide bonds. The van der Waals surface area contributed by atoms with Crippen molar-refractivity contribution >= 4 is 45.0 Å². The predicted octanol–water partition coefficient (Wildman–Crippen LogP) is 5.03. The molecule has 0 aliphatic carbocycles. The molecule has 0 saturated heterocycles. The number of nitrogens with zero attached hydrogens (tertiary/aromatic N) is 1. The van der Waals surface area contributed by atoms with E-state index in [9.17, 15) is 4.79 Å². The SMILES string of the molecule is CN(Cc1ccc(Br)cc1)C(=O)c1c(Cl)cccc1Cl. The van der Waals surface area contributed by atoms with Gasteiger partial charge in [-0.2, -0.15) is 0 Å². The van der Waals surface area contributed by atoms with Crippen LogP contribution in [0.5, 0.6) is 0 Å². The van der Waals surface area contributed by atoms with Gasteiger partial charge in [0.25, 0.3) is 5.91 Å². The van der Waals surface area contributed by atoms with Gasteiger partial charge in [-0.1, -0.05) is 57.3 Å². The number of halogens is 3. The molecule has 0 aliphatic rings. The number of hydrogen-bond donors (Lipinski definition) is 0. The lowest BCUT2D eigenvalue weighted by Gasteiger charge is -2.18. The van der Waals surface area contributed by atoms with Crippen LogP contribution < -0.4 is 0 Å². The van der Waals surface area contributed by atoms with Crippen molar-refractivity contribution in [1.82, 2.24) is 4.90 Å². The molecule has 104 valence electrons. The van der Waals surface area contributed by atoms with Gasteiger partial charge in [-0.25, -0.2) is 0 Å². The number of amides is 1. The molecule has 0 fully saturated rings. The average Bonchev–Trinajstić information content (AvgIpc) is 2.41. The molecule has 5 heteroatoms. The molecule has 0 aliphatic heterocycles. The fraction of sp³-hybridized carbons (Fsp3) is 0.133. The number of carbonyl (C=O) groups is 1. The molecule has 0 N–H and O–H groups in total. The summed E-state index contributed by atoms with van der Waals surface area (Å²) in [6.45, 7) is 0.494. The largest absolute Gasteiger partial charge is 0.337 e. The lowest BCUT2D eigenvalue weighted by atomic mass is 10.1. The first kappa shape index (κ1) is 15.4. The zero-order chi connectivity index (χ0) is 14.7. The van der Waals surface area contributed by atoms with Gasteiger partial charge in [0.1, 0.15) is 0 Å². The average molecular weight is 373 g/mol. The minimum Gasteiger partial charge on any atom is -0.337 e. The van der Waals surface area contributed by atoms with Crippen molar-refractivity contribution in [2.75, 3.05) is 7.05 Å². The molecule has 0 spiro atoms. The Morgan fingerprint density at radius 2 is 1.65 bits per heavy atom. The van der Waals surface area contributed by atoms with Crippen LogP contribution in [0, 0.1) is 0 Å². The fourth-order valence-electron chi connectivity index (χ4n) is 1.83. The Bertz CT molecular complexity index is 608. The maximum Gasteiger partial charge on any atom is 0.256 e. The molecule has 2 aromatic carbocycles. The van der Waals surface area contributed by atoms with E-state index in [4.69, 9.17) is 23.2 Å². The van der Waals surface area contributed by atoms with Gasteiger partial charge in [0.2, 0.25) is 0 Å². The van der Waals surface area contributed by atoms with Crippen LogP contribution >= 0.6 is 39.1 Å². The van der Waals surface area contributed by atoms with Crippen LogP contribution in [0.2, 0.25) is 10.0 Å². The topological polar surface area (TPSA) is 20.3 Å². The molecule has 0 aromatic heterocycles. The third kappa shape index (κ3) is 3.54. The molecule has 2 nitrogen and oxygen atoms in total. The molecular formula is C15H12BrCl2NO. The molecule has 0 atom stereocenters. The zero-order valence-electron chi connectivity index (χ0n) is 10.7. The van der Waals surface area contributed by atoms with Crippen molar-refractivity contribution in [1.29, 1.82) is 0 Å². The summed E-state index contributed by atoms with van der Waals surface area (Å²) < 4.78 is 1.00. The lowest BCUT2D eigenvalue weighted by Crippen LogP contribution is -2.26. The second-order valence-electron chi connectivity index (χ2n) is 4.38. The van der Waals surface area contributed by atoms with E-state index in [-0.39, 0.29) is 5.91 Å². The normalized spacial score (nSPS) is 10.4. The van der Waals surface area contributed by atoms with E-state index in [1.54, 1.807) is 30.1 Å². The highest BCUT2D eigenvalue weighted by Gasteiger charge is 2.18. The van der Waals surface area contributed by atoms with E-state index in [1.807, 2.05) is 24.3 Å². The Morgan fingerprint density at radius 3 is 2.20 bits per heavy atom. The molecule has 2 rings (SSSR count). The molecule has 0 bridgehead atoms. The van der Waals surface area contributed by atoms with E-state index in [1.165, 1.54) is 0 Å². The fourth-order valence-corrected chi connectivity index (χ4v) is 2.65. The van der Waals surface area contributed by atoms with Crippen molar-refractivity contribution in [2.45, 2.75) is 6.54 Å². The minimum atomic E-state index is -0.191. The Morgan fingerprint density at radius 1 is 1.10 bits per heavy atom. The van der Waals surface area contributed by atoms with Crippen molar-refractivity contribution in [3.05, 3.63) is 68.1 Å². The Kier molecular flexibility index (Phi) is 5.08. The summed E-state index contributed by atoms with van der Waals surface area (Å²) in [5, 5.41) is 0.732. The van der Waals surface area contributed by atoms with Gasteiger partial charge in [-0.3, -0.25) is 4.79 Å². The number of carbonyl (C=O) groups excluding carboxylic acids is 1.